The lowest BCUT2D eigenvalue weighted by Gasteiger charge is -2.30. The molecule has 0 aliphatic heterocycles. The lowest BCUT2D eigenvalue weighted by molar-refractivity contribution is 1.30. The maximum Gasteiger partial charge on any atom is 0.109 e. The van der Waals surface area contributed by atoms with E-state index in [-0.39, 0.29) is 0 Å². The van der Waals surface area contributed by atoms with E-state index in [2.05, 4.69) is 83.2 Å². The van der Waals surface area contributed by atoms with Crippen molar-refractivity contribution < 1.29 is 0 Å². The molecule has 17 heavy (non-hydrogen) atoms. The molecule has 1 N–H and O–H groups in total. The van der Waals surface area contributed by atoms with Crippen LogP contribution in [0.25, 0.3) is 0 Å². The van der Waals surface area contributed by atoms with Crippen LogP contribution >= 0.6 is 0 Å². The lowest BCUT2D eigenvalue weighted by atomic mass is 11.8. The lowest BCUT2D eigenvalue weighted by Crippen LogP contribution is -2.55. The summed E-state index contributed by atoms with van der Waals surface area (Å²) in [5.41, 5.74) is 0. The molecule has 0 aromatic heterocycles. The first-order valence-corrected chi connectivity index (χ1v) is 21.8. The standard InChI is InChI=1S/C6H19NSi2.C6H18Si2/c1-8(2,3)7-9(4,5)6;1-7(2,3)8(4,5)6/h7H,1-6H3;1-6H3. The van der Waals surface area contributed by atoms with E-state index >= 15 is 0 Å². The maximum absolute atomic E-state index is 3.74. The Morgan fingerprint density at radius 3 is 0.588 bits per heavy atom. The van der Waals surface area contributed by atoms with Crippen LogP contribution in [0, 0.1) is 0 Å². The fourth-order valence-electron chi connectivity index (χ4n) is 1.12. The van der Waals surface area contributed by atoms with Crippen molar-refractivity contribution in [3.8, 4) is 0 Å². The smallest absolute Gasteiger partial charge is 0.109 e. The van der Waals surface area contributed by atoms with Gasteiger partial charge >= 0.3 is 0 Å². The van der Waals surface area contributed by atoms with E-state index < -0.39 is 31.7 Å². The Hall–Kier alpha value is 0.828. The Bertz CT molecular complexity index is 189. The van der Waals surface area contributed by atoms with E-state index in [0.717, 1.165) is 0 Å². The van der Waals surface area contributed by atoms with E-state index in [1.165, 1.54) is 0 Å². The summed E-state index contributed by atoms with van der Waals surface area (Å²) < 4.78 is 3.74. The third-order valence-electron chi connectivity index (χ3n) is 3.00. The van der Waals surface area contributed by atoms with Crippen molar-refractivity contribution in [2.45, 2.75) is 78.6 Å². The average molecular weight is 308 g/mol. The van der Waals surface area contributed by atoms with Crippen LogP contribution in [0.5, 0.6) is 0 Å². The molecule has 0 unspecified atom stereocenters. The molecule has 106 valence electrons. The molecule has 0 aromatic carbocycles. The van der Waals surface area contributed by atoms with E-state index in [0.29, 0.717) is 0 Å². The molecule has 0 saturated carbocycles. The van der Waals surface area contributed by atoms with Crippen LogP contribution in [0.3, 0.4) is 0 Å². The van der Waals surface area contributed by atoms with Crippen LogP contribution < -0.4 is 4.65 Å². The molecule has 0 saturated heterocycles. The highest BCUT2D eigenvalue weighted by molar-refractivity contribution is 7.39. The minimum Gasteiger partial charge on any atom is -0.360 e. The zero-order valence-corrected chi connectivity index (χ0v) is 18.5. The number of hydrogen-bond donors (Lipinski definition) is 1. The van der Waals surface area contributed by atoms with Crippen molar-refractivity contribution in [2.75, 3.05) is 0 Å². The Morgan fingerprint density at radius 2 is 0.588 bits per heavy atom. The van der Waals surface area contributed by atoms with Crippen molar-refractivity contribution in [2.24, 2.45) is 0 Å². The summed E-state index contributed by atoms with van der Waals surface area (Å²) in [4.78, 5) is 0. The summed E-state index contributed by atoms with van der Waals surface area (Å²) in [5, 5.41) is 0. The van der Waals surface area contributed by atoms with Gasteiger partial charge in [-0.3, -0.25) is 0 Å². The van der Waals surface area contributed by atoms with Gasteiger partial charge in [-0.2, -0.15) is 0 Å². The SMILES string of the molecule is C[Si](C)(C)N[Si](C)(C)C.C[Si](C)(C)[Si](C)(C)C. The van der Waals surface area contributed by atoms with Gasteiger partial charge in [0.2, 0.25) is 0 Å². The van der Waals surface area contributed by atoms with Gasteiger partial charge in [0, 0.05) is 15.2 Å². The Kier molecular flexibility index (Phi) is 7.49. The van der Waals surface area contributed by atoms with Gasteiger partial charge in [0.05, 0.1) is 0 Å². The largest absolute Gasteiger partial charge is 0.360 e. The average Bonchev–Trinajstić information content (AvgIpc) is 1.71. The summed E-state index contributed by atoms with van der Waals surface area (Å²) >= 11 is 0. The van der Waals surface area contributed by atoms with Gasteiger partial charge in [0.25, 0.3) is 0 Å². The Balaban J connectivity index is 0. The summed E-state index contributed by atoms with van der Waals surface area (Å²) in [7, 11) is -3.40. The molecule has 0 aliphatic rings. The Morgan fingerprint density at radius 1 is 0.412 bits per heavy atom. The highest BCUT2D eigenvalue weighted by Gasteiger charge is 2.31. The second-order valence-electron chi connectivity index (χ2n) is 9.12. The first-order chi connectivity index (χ1) is 6.96. The van der Waals surface area contributed by atoms with Gasteiger partial charge in [-0.05, 0) is 0 Å². The van der Waals surface area contributed by atoms with E-state index in [4.69, 9.17) is 0 Å². The first kappa shape index (κ1) is 20.2. The molecule has 1 nitrogen and oxygen atoms in total. The molecule has 5 heteroatoms. The number of hydrogen-bond acceptors (Lipinski definition) is 1. The van der Waals surface area contributed by atoms with Crippen LogP contribution in [0.4, 0.5) is 0 Å². The van der Waals surface area contributed by atoms with Crippen molar-refractivity contribution in [3.63, 3.8) is 0 Å². The fourth-order valence-corrected chi connectivity index (χ4v) is 10.1. The minimum absolute atomic E-state index is 0.720. The van der Waals surface area contributed by atoms with Gasteiger partial charge in [-0.15, -0.1) is 0 Å². The van der Waals surface area contributed by atoms with Crippen molar-refractivity contribution in [1.82, 2.24) is 4.65 Å². The molecule has 0 heterocycles. The van der Waals surface area contributed by atoms with Crippen LogP contribution in [0.15, 0.2) is 0 Å². The molecule has 0 rings (SSSR count). The van der Waals surface area contributed by atoms with Gasteiger partial charge in [0.1, 0.15) is 16.5 Å². The highest BCUT2D eigenvalue weighted by atomic mass is 29.3. The zero-order chi connectivity index (χ0) is 14.7. The fraction of sp³-hybridized carbons (Fsp3) is 1.00. The monoisotopic (exact) mass is 307 g/mol. The van der Waals surface area contributed by atoms with E-state index in [1.54, 1.807) is 0 Å². The molecule has 0 radical (unpaired) electrons. The topological polar surface area (TPSA) is 12.0 Å². The summed E-state index contributed by atoms with van der Waals surface area (Å²) in [6.45, 7) is 28.9. The maximum atomic E-state index is 3.74. The highest BCUT2D eigenvalue weighted by Crippen LogP contribution is 2.17. The van der Waals surface area contributed by atoms with E-state index in [9.17, 15) is 0 Å². The predicted molar refractivity (Wildman–Crippen MR) is 96.5 cm³/mol. The van der Waals surface area contributed by atoms with Gasteiger partial charge in [0.15, 0.2) is 0 Å². The first-order valence-electron chi connectivity index (χ1n) is 6.75. The van der Waals surface area contributed by atoms with Crippen LogP contribution in [-0.4, -0.2) is 31.7 Å². The van der Waals surface area contributed by atoms with Crippen LogP contribution in [-0.2, 0) is 0 Å². The molecule has 0 amide bonds. The van der Waals surface area contributed by atoms with Crippen LogP contribution in [0.1, 0.15) is 0 Å². The normalized spacial score (nSPS) is 14.1. The predicted octanol–water partition coefficient (Wildman–Crippen LogP) is 4.99. The molecule has 0 spiro atoms. The third-order valence-corrected chi connectivity index (χ3v) is 27.0. The zero-order valence-electron chi connectivity index (χ0n) is 14.5. The molecular weight excluding hydrogens is 270 g/mol. The van der Waals surface area contributed by atoms with Gasteiger partial charge in [-0.1, -0.05) is 78.6 Å². The summed E-state index contributed by atoms with van der Waals surface area (Å²) in [5.74, 6) is 0. The Labute approximate surface area is 115 Å². The number of nitrogens with one attached hydrogen (secondary N) is 1. The number of rotatable bonds is 3. The molecule has 0 atom stereocenters. The van der Waals surface area contributed by atoms with Crippen molar-refractivity contribution in [1.29, 1.82) is 0 Å². The molecular formula is C12H37NSi4. The molecule has 0 bridgehead atoms. The third kappa shape index (κ3) is 14.8. The molecule has 0 fully saturated rings. The van der Waals surface area contributed by atoms with Gasteiger partial charge < -0.3 is 4.65 Å². The van der Waals surface area contributed by atoms with Crippen molar-refractivity contribution in [3.05, 3.63) is 0 Å². The van der Waals surface area contributed by atoms with Crippen molar-refractivity contribution >= 4 is 31.7 Å². The second-order valence-corrected chi connectivity index (χ2v) is 37.1. The molecule has 0 aromatic rings. The molecule has 0 aliphatic carbocycles. The van der Waals surface area contributed by atoms with Crippen LogP contribution in [0.2, 0.25) is 78.6 Å². The van der Waals surface area contributed by atoms with Gasteiger partial charge in [-0.25, -0.2) is 0 Å². The quantitative estimate of drug-likeness (QED) is 0.725. The summed E-state index contributed by atoms with van der Waals surface area (Å²) in [6, 6.07) is 0. The van der Waals surface area contributed by atoms with E-state index in [1.807, 2.05) is 0 Å². The summed E-state index contributed by atoms with van der Waals surface area (Å²) in [6.07, 6.45) is 0. The second kappa shape index (κ2) is 6.32. The minimum atomic E-state index is -0.981.